The zero-order valence-electron chi connectivity index (χ0n) is 27.2. The van der Waals surface area contributed by atoms with Gasteiger partial charge in [0.05, 0.1) is 6.10 Å². The first kappa shape index (κ1) is 38.0. The van der Waals surface area contributed by atoms with Crippen molar-refractivity contribution in [3.63, 3.8) is 0 Å². The Kier molecular flexibility index (Phi) is 33.1. The second-order valence-corrected chi connectivity index (χ2v) is 13.0. The first-order valence-corrected chi connectivity index (χ1v) is 18.4. The van der Waals surface area contributed by atoms with Gasteiger partial charge in [-0.2, -0.15) is 0 Å². The van der Waals surface area contributed by atoms with Crippen molar-refractivity contribution in [2.75, 3.05) is 0 Å². The average molecular weight is 537 g/mol. The van der Waals surface area contributed by atoms with E-state index in [2.05, 4.69) is 20.8 Å². The molecule has 1 heteroatoms. The molecular weight excluding hydrogens is 460 g/mol. The third kappa shape index (κ3) is 30.5. The summed E-state index contributed by atoms with van der Waals surface area (Å²) in [6, 6.07) is 0. The Hall–Kier alpha value is -0.0400. The molecule has 0 fully saturated rings. The maximum atomic E-state index is 10.8. The van der Waals surface area contributed by atoms with Gasteiger partial charge in [0.1, 0.15) is 0 Å². The minimum Gasteiger partial charge on any atom is -0.393 e. The third-order valence-electron chi connectivity index (χ3n) is 8.93. The lowest BCUT2D eigenvalue weighted by molar-refractivity contribution is 0.123. The van der Waals surface area contributed by atoms with Crippen LogP contribution in [0.5, 0.6) is 0 Å². The summed E-state index contributed by atoms with van der Waals surface area (Å²) < 4.78 is 0. The Labute approximate surface area is 243 Å². The molecule has 2 unspecified atom stereocenters. The molecule has 0 bridgehead atoms. The molecule has 0 aromatic carbocycles. The van der Waals surface area contributed by atoms with Crippen molar-refractivity contribution in [3.05, 3.63) is 0 Å². The summed E-state index contributed by atoms with van der Waals surface area (Å²) in [4.78, 5) is 0. The van der Waals surface area contributed by atoms with E-state index in [1.807, 2.05) is 0 Å². The van der Waals surface area contributed by atoms with Crippen LogP contribution in [0.25, 0.3) is 0 Å². The highest BCUT2D eigenvalue weighted by atomic mass is 16.3. The van der Waals surface area contributed by atoms with Crippen molar-refractivity contribution >= 4 is 0 Å². The van der Waals surface area contributed by atoms with Gasteiger partial charge >= 0.3 is 0 Å². The zero-order valence-corrected chi connectivity index (χ0v) is 27.2. The van der Waals surface area contributed by atoms with Crippen molar-refractivity contribution < 1.29 is 5.11 Å². The van der Waals surface area contributed by atoms with E-state index in [9.17, 15) is 5.11 Å². The number of unbranched alkanes of at least 4 members (excludes halogenated alkanes) is 25. The summed E-state index contributed by atoms with van der Waals surface area (Å²) in [7, 11) is 0. The second-order valence-electron chi connectivity index (χ2n) is 13.0. The predicted molar refractivity (Wildman–Crippen MR) is 174 cm³/mol. The van der Waals surface area contributed by atoms with Gasteiger partial charge in [0.15, 0.2) is 0 Å². The number of hydrogen-bond donors (Lipinski definition) is 1. The van der Waals surface area contributed by atoms with Gasteiger partial charge in [-0.1, -0.05) is 213 Å². The van der Waals surface area contributed by atoms with Crippen LogP contribution in [0.3, 0.4) is 0 Å². The fraction of sp³-hybridized carbons (Fsp3) is 1.00. The smallest absolute Gasteiger partial charge is 0.0542 e. The van der Waals surface area contributed by atoms with E-state index < -0.39 is 0 Å². The van der Waals surface area contributed by atoms with Gasteiger partial charge in [-0.3, -0.25) is 0 Å². The standard InChI is InChI=1S/C37H76O/c1-4-7-10-13-16-18-19-20-22-25-28-31-34-37(38)35-36(32-29-26-23-15-12-9-6-3)33-30-27-24-21-17-14-11-8-5-2/h36-38H,4-35H2,1-3H3. The summed E-state index contributed by atoms with van der Waals surface area (Å²) in [5.41, 5.74) is 0. The molecule has 230 valence electrons. The van der Waals surface area contributed by atoms with Crippen LogP contribution in [0.2, 0.25) is 0 Å². The van der Waals surface area contributed by atoms with Crippen molar-refractivity contribution in [2.45, 2.75) is 232 Å². The molecule has 1 N–H and O–H groups in total. The largest absolute Gasteiger partial charge is 0.393 e. The van der Waals surface area contributed by atoms with Gasteiger partial charge in [0.25, 0.3) is 0 Å². The van der Waals surface area contributed by atoms with Gasteiger partial charge in [0, 0.05) is 0 Å². The highest BCUT2D eigenvalue weighted by Crippen LogP contribution is 2.25. The van der Waals surface area contributed by atoms with Crippen molar-refractivity contribution in [3.8, 4) is 0 Å². The van der Waals surface area contributed by atoms with Crippen molar-refractivity contribution in [1.82, 2.24) is 0 Å². The molecule has 0 radical (unpaired) electrons. The lowest BCUT2D eigenvalue weighted by Gasteiger charge is -2.21. The summed E-state index contributed by atoms with van der Waals surface area (Å²) in [6.07, 6.45) is 44.2. The lowest BCUT2D eigenvalue weighted by Crippen LogP contribution is -2.14. The summed E-state index contributed by atoms with van der Waals surface area (Å²) in [5, 5.41) is 10.8. The van der Waals surface area contributed by atoms with Crippen LogP contribution in [-0.4, -0.2) is 11.2 Å². The molecule has 0 saturated heterocycles. The van der Waals surface area contributed by atoms with E-state index >= 15 is 0 Å². The van der Waals surface area contributed by atoms with Gasteiger partial charge in [-0.15, -0.1) is 0 Å². The highest BCUT2D eigenvalue weighted by molar-refractivity contribution is 4.67. The minimum atomic E-state index is -0.0498. The monoisotopic (exact) mass is 537 g/mol. The molecule has 0 saturated carbocycles. The maximum Gasteiger partial charge on any atom is 0.0542 e. The highest BCUT2D eigenvalue weighted by Gasteiger charge is 2.14. The van der Waals surface area contributed by atoms with Crippen molar-refractivity contribution in [2.24, 2.45) is 5.92 Å². The second kappa shape index (κ2) is 33.2. The Balaban J connectivity index is 3.94. The molecule has 0 aliphatic heterocycles. The van der Waals surface area contributed by atoms with Crippen LogP contribution < -0.4 is 0 Å². The Morgan fingerprint density at radius 2 is 0.553 bits per heavy atom. The Morgan fingerprint density at radius 3 is 0.842 bits per heavy atom. The normalized spacial score (nSPS) is 13.3. The third-order valence-corrected chi connectivity index (χ3v) is 8.93. The van der Waals surface area contributed by atoms with Crippen LogP contribution in [0.4, 0.5) is 0 Å². The van der Waals surface area contributed by atoms with Gasteiger partial charge in [-0.25, -0.2) is 0 Å². The Morgan fingerprint density at radius 1 is 0.316 bits per heavy atom. The molecule has 0 amide bonds. The Bertz CT molecular complexity index is 406. The average Bonchev–Trinajstić information content (AvgIpc) is 2.92. The zero-order chi connectivity index (χ0) is 27.8. The molecule has 0 aliphatic carbocycles. The van der Waals surface area contributed by atoms with Gasteiger partial charge < -0.3 is 5.11 Å². The van der Waals surface area contributed by atoms with E-state index in [1.54, 1.807) is 0 Å². The molecule has 0 aromatic heterocycles. The van der Waals surface area contributed by atoms with Crippen LogP contribution >= 0.6 is 0 Å². The topological polar surface area (TPSA) is 20.2 Å². The molecule has 1 nitrogen and oxygen atoms in total. The number of aliphatic hydroxyl groups excluding tert-OH is 1. The summed E-state index contributed by atoms with van der Waals surface area (Å²) in [6.45, 7) is 6.91. The number of rotatable bonds is 33. The predicted octanol–water partition coefficient (Wildman–Crippen LogP) is 13.5. The molecular formula is C37H76O. The molecule has 38 heavy (non-hydrogen) atoms. The minimum absolute atomic E-state index is 0.0498. The SMILES string of the molecule is CCCCCCCCCCCCCCC(O)CC(CCCCCCCCC)CCCCCCCCCCC. The molecule has 0 rings (SSSR count). The van der Waals surface area contributed by atoms with Crippen LogP contribution in [0.15, 0.2) is 0 Å². The van der Waals surface area contributed by atoms with Gasteiger partial charge in [-0.05, 0) is 18.8 Å². The lowest BCUT2D eigenvalue weighted by atomic mass is 9.88. The molecule has 0 aromatic rings. The van der Waals surface area contributed by atoms with E-state index in [1.165, 1.54) is 193 Å². The van der Waals surface area contributed by atoms with Crippen LogP contribution in [0.1, 0.15) is 226 Å². The first-order chi connectivity index (χ1) is 18.7. The summed E-state index contributed by atoms with van der Waals surface area (Å²) >= 11 is 0. The molecule has 0 heterocycles. The fourth-order valence-electron chi connectivity index (χ4n) is 6.24. The first-order valence-electron chi connectivity index (χ1n) is 18.4. The van der Waals surface area contributed by atoms with E-state index in [0.717, 1.165) is 18.8 Å². The maximum absolute atomic E-state index is 10.8. The fourth-order valence-corrected chi connectivity index (χ4v) is 6.24. The van der Waals surface area contributed by atoms with E-state index in [-0.39, 0.29) is 6.10 Å². The van der Waals surface area contributed by atoms with Crippen molar-refractivity contribution in [1.29, 1.82) is 0 Å². The molecule has 0 aliphatic rings. The quantitative estimate of drug-likeness (QED) is 0.0827. The molecule has 2 atom stereocenters. The summed E-state index contributed by atoms with van der Waals surface area (Å²) in [5.74, 6) is 0.766. The molecule has 0 spiro atoms. The van der Waals surface area contributed by atoms with E-state index in [0.29, 0.717) is 0 Å². The van der Waals surface area contributed by atoms with E-state index in [4.69, 9.17) is 0 Å². The van der Waals surface area contributed by atoms with Gasteiger partial charge in [0.2, 0.25) is 0 Å². The van der Waals surface area contributed by atoms with Crippen LogP contribution in [-0.2, 0) is 0 Å². The van der Waals surface area contributed by atoms with Crippen LogP contribution in [0, 0.1) is 5.92 Å². The number of aliphatic hydroxyl groups is 1. The number of hydrogen-bond acceptors (Lipinski definition) is 1.